The van der Waals surface area contributed by atoms with Crippen LogP contribution in [0.5, 0.6) is 0 Å². The van der Waals surface area contributed by atoms with Crippen LogP contribution in [-0.2, 0) is 17.9 Å². The second-order valence-corrected chi connectivity index (χ2v) is 5.81. The lowest BCUT2D eigenvalue weighted by atomic mass is 10.1. The molecular formula is C19H24Cl2N4O. The molecule has 0 fully saturated rings. The van der Waals surface area contributed by atoms with Crippen LogP contribution < -0.4 is 10.6 Å². The minimum Gasteiger partial charge on any atom is -0.352 e. The van der Waals surface area contributed by atoms with Gasteiger partial charge in [0.1, 0.15) is 0 Å². The van der Waals surface area contributed by atoms with Gasteiger partial charge in [-0.2, -0.15) is 0 Å². The molecule has 1 heterocycles. The molecule has 5 nitrogen and oxygen atoms in total. The number of aromatic nitrogens is 2. The zero-order chi connectivity index (χ0) is 16.8. The first-order chi connectivity index (χ1) is 11.8. The number of amides is 1. The number of hydrogen-bond donors (Lipinski definition) is 2. The molecule has 7 heteroatoms. The van der Waals surface area contributed by atoms with E-state index in [9.17, 15) is 4.79 Å². The molecule has 0 aliphatic carbocycles. The standard InChI is InChI=1S/C19H22N4O.2ClH/c1-20-10-9-19(24)21-12-15-5-4-6-16(11-15)13-23-14-22-17-7-2-3-8-18(17)23;;/h2-8,11,14,20H,9-10,12-13H2,1H3,(H,21,24);2*1H. The number of carbonyl (C=O) groups excluding carboxylic acids is 1. The average molecular weight is 395 g/mol. The highest BCUT2D eigenvalue weighted by molar-refractivity contribution is 5.85. The molecule has 0 aliphatic rings. The summed E-state index contributed by atoms with van der Waals surface area (Å²) < 4.78 is 2.14. The lowest BCUT2D eigenvalue weighted by Crippen LogP contribution is -2.26. The van der Waals surface area contributed by atoms with Gasteiger partial charge in [-0.05, 0) is 30.3 Å². The van der Waals surface area contributed by atoms with Gasteiger partial charge in [-0.3, -0.25) is 4.79 Å². The number of halogens is 2. The summed E-state index contributed by atoms with van der Waals surface area (Å²) in [5.41, 5.74) is 4.43. The van der Waals surface area contributed by atoms with Gasteiger partial charge in [0.15, 0.2) is 0 Å². The molecule has 0 saturated heterocycles. The smallest absolute Gasteiger partial charge is 0.221 e. The van der Waals surface area contributed by atoms with E-state index < -0.39 is 0 Å². The van der Waals surface area contributed by atoms with Crippen molar-refractivity contribution < 1.29 is 4.79 Å². The Morgan fingerprint density at radius 2 is 1.85 bits per heavy atom. The Morgan fingerprint density at radius 3 is 2.65 bits per heavy atom. The van der Waals surface area contributed by atoms with Gasteiger partial charge in [0, 0.05) is 26.1 Å². The Morgan fingerprint density at radius 1 is 1.08 bits per heavy atom. The molecule has 3 rings (SSSR count). The van der Waals surface area contributed by atoms with Gasteiger partial charge in [-0.1, -0.05) is 36.4 Å². The molecule has 0 radical (unpaired) electrons. The molecule has 1 amide bonds. The third kappa shape index (κ3) is 5.73. The Balaban J connectivity index is 0.00000169. The van der Waals surface area contributed by atoms with E-state index in [4.69, 9.17) is 0 Å². The highest BCUT2D eigenvalue weighted by Gasteiger charge is 2.04. The molecule has 0 unspecified atom stereocenters. The third-order valence-electron chi connectivity index (χ3n) is 3.96. The SMILES string of the molecule is CNCCC(=O)NCc1cccc(Cn2cnc3ccccc32)c1.Cl.Cl. The quantitative estimate of drug-likeness (QED) is 0.646. The van der Waals surface area contributed by atoms with Gasteiger partial charge in [-0.25, -0.2) is 4.98 Å². The van der Waals surface area contributed by atoms with E-state index in [2.05, 4.69) is 38.4 Å². The number of para-hydroxylation sites is 2. The summed E-state index contributed by atoms with van der Waals surface area (Å²) in [4.78, 5) is 16.1. The first-order valence-corrected chi connectivity index (χ1v) is 8.15. The lowest BCUT2D eigenvalue weighted by molar-refractivity contribution is -0.121. The minimum atomic E-state index is 0. The summed E-state index contributed by atoms with van der Waals surface area (Å²) in [6, 6.07) is 16.4. The van der Waals surface area contributed by atoms with E-state index in [0.717, 1.165) is 23.1 Å². The average Bonchev–Trinajstić information content (AvgIpc) is 3.02. The molecule has 2 N–H and O–H groups in total. The maximum atomic E-state index is 11.7. The predicted molar refractivity (Wildman–Crippen MR) is 110 cm³/mol. The number of rotatable bonds is 7. The number of nitrogens with one attached hydrogen (secondary N) is 2. The molecule has 0 atom stereocenters. The van der Waals surface area contributed by atoms with Crippen molar-refractivity contribution in [3.8, 4) is 0 Å². The first kappa shape index (κ1) is 22.0. The molecule has 0 bridgehead atoms. The van der Waals surface area contributed by atoms with Gasteiger partial charge >= 0.3 is 0 Å². The Kier molecular flexibility index (Phi) is 9.13. The first-order valence-electron chi connectivity index (χ1n) is 8.15. The van der Waals surface area contributed by atoms with E-state index >= 15 is 0 Å². The van der Waals surface area contributed by atoms with E-state index in [0.29, 0.717) is 19.5 Å². The number of benzene rings is 2. The van der Waals surface area contributed by atoms with Crippen LogP contribution in [0.2, 0.25) is 0 Å². The highest BCUT2D eigenvalue weighted by Crippen LogP contribution is 2.14. The maximum absolute atomic E-state index is 11.7. The van der Waals surface area contributed by atoms with Crippen LogP contribution in [0.4, 0.5) is 0 Å². The van der Waals surface area contributed by atoms with Crippen LogP contribution in [0.25, 0.3) is 11.0 Å². The Hall–Kier alpha value is -2.08. The summed E-state index contributed by atoms with van der Waals surface area (Å²) in [5.74, 6) is 0.0651. The molecule has 0 saturated carbocycles. The van der Waals surface area contributed by atoms with E-state index in [1.165, 1.54) is 5.56 Å². The molecular weight excluding hydrogens is 371 g/mol. The van der Waals surface area contributed by atoms with E-state index in [1.54, 1.807) is 0 Å². The molecule has 0 aliphatic heterocycles. The van der Waals surface area contributed by atoms with Crippen molar-refractivity contribution in [2.75, 3.05) is 13.6 Å². The van der Waals surface area contributed by atoms with Crippen LogP contribution in [-0.4, -0.2) is 29.1 Å². The predicted octanol–water partition coefficient (Wildman–Crippen LogP) is 3.15. The summed E-state index contributed by atoms with van der Waals surface area (Å²) in [6.45, 7) is 2.02. The Labute approximate surface area is 166 Å². The Bertz CT molecular complexity index is 835. The lowest BCUT2D eigenvalue weighted by Gasteiger charge is -2.09. The van der Waals surface area contributed by atoms with Crippen molar-refractivity contribution in [1.82, 2.24) is 20.2 Å². The summed E-state index contributed by atoms with van der Waals surface area (Å²) in [5, 5.41) is 5.93. The van der Waals surface area contributed by atoms with E-state index in [1.807, 2.05) is 43.7 Å². The van der Waals surface area contributed by atoms with Crippen molar-refractivity contribution in [1.29, 1.82) is 0 Å². The fourth-order valence-corrected chi connectivity index (χ4v) is 2.70. The fraction of sp³-hybridized carbons (Fsp3) is 0.263. The summed E-state index contributed by atoms with van der Waals surface area (Å²) in [6.07, 6.45) is 2.37. The van der Waals surface area contributed by atoms with E-state index in [-0.39, 0.29) is 30.7 Å². The van der Waals surface area contributed by atoms with Gasteiger partial charge in [0.2, 0.25) is 5.91 Å². The monoisotopic (exact) mass is 394 g/mol. The molecule has 26 heavy (non-hydrogen) atoms. The number of imidazole rings is 1. The maximum Gasteiger partial charge on any atom is 0.221 e. The third-order valence-corrected chi connectivity index (χ3v) is 3.96. The van der Waals surface area contributed by atoms with Crippen LogP contribution in [0, 0.1) is 0 Å². The topological polar surface area (TPSA) is 59.0 Å². The van der Waals surface area contributed by atoms with Crippen molar-refractivity contribution in [2.24, 2.45) is 0 Å². The van der Waals surface area contributed by atoms with Gasteiger partial charge < -0.3 is 15.2 Å². The van der Waals surface area contributed by atoms with Crippen LogP contribution >= 0.6 is 24.8 Å². The summed E-state index contributed by atoms with van der Waals surface area (Å²) >= 11 is 0. The fourth-order valence-electron chi connectivity index (χ4n) is 2.70. The van der Waals surface area contributed by atoms with Crippen LogP contribution in [0.15, 0.2) is 54.9 Å². The van der Waals surface area contributed by atoms with Crippen molar-refractivity contribution in [3.05, 3.63) is 66.0 Å². The zero-order valence-corrected chi connectivity index (χ0v) is 16.3. The van der Waals surface area contributed by atoms with Crippen molar-refractivity contribution >= 4 is 41.8 Å². The largest absolute Gasteiger partial charge is 0.352 e. The van der Waals surface area contributed by atoms with Gasteiger partial charge in [0.25, 0.3) is 0 Å². The van der Waals surface area contributed by atoms with Crippen LogP contribution in [0.1, 0.15) is 17.5 Å². The molecule has 140 valence electrons. The molecule has 1 aromatic heterocycles. The van der Waals surface area contributed by atoms with Gasteiger partial charge in [0.05, 0.1) is 17.4 Å². The molecule has 0 spiro atoms. The number of carbonyl (C=O) groups is 1. The normalized spacial score (nSPS) is 10.0. The molecule has 3 aromatic rings. The van der Waals surface area contributed by atoms with Gasteiger partial charge in [-0.15, -0.1) is 24.8 Å². The van der Waals surface area contributed by atoms with Crippen molar-refractivity contribution in [2.45, 2.75) is 19.5 Å². The highest BCUT2D eigenvalue weighted by atomic mass is 35.5. The van der Waals surface area contributed by atoms with Crippen molar-refractivity contribution in [3.63, 3.8) is 0 Å². The number of hydrogen-bond acceptors (Lipinski definition) is 3. The summed E-state index contributed by atoms with van der Waals surface area (Å²) in [7, 11) is 1.84. The second kappa shape index (κ2) is 10.8. The minimum absolute atomic E-state index is 0. The second-order valence-electron chi connectivity index (χ2n) is 5.81. The zero-order valence-electron chi connectivity index (χ0n) is 14.6. The number of fused-ring (bicyclic) bond motifs is 1. The van der Waals surface area contributed by atoms with Crippen LogP contribution in [0.3, 0.4) is 0 Å². The number of nitrogens with zero attached hydrogens (tertiary/aromatic N) is 2. The molecule has 2 aromatic carbocycles.